The number of nitrogens with zero attached hydrogens (tertiary/aromatic N) is 1. The van der Waals surface area contributed by atoms with Gasteiger partial charge in [-0.25, -0.2) is 0 Å². The monoisotopic (exact) mass is 223 g/mol. The van der Waals surface area contributed by atoms with Gasteiger partial charge in [-0.05, 0) is 18.2 Å². The Morgan fingerprint density at radius 1 is 1.43 bits per heavy atom. The molecule has 0 atom stereocenters. The second-order valence-electron chi connectivity index (χ2n) is 2.71. The van der Waals surface area contributed by atoms with Gasteiger partial charge < -0.3 is 0 Å². The van der Waals surface area contributed by atoms with Gasteiger partial charge in [0.2, 0.25) is 0 Å². The van der Waals surface area contributed by atoms with Crippen LogP contribution in [0.15, 0.2) is 36.0 Å². The van der Waals surface area contributed by atoms with Crippen LogP contribution in [0.1, 0.15) is 15.9 Å². The van der Waals surface area contributed by atoms with Crippen molar-refractivity contribution < 1.29 is 4.79 Å². The van der Waals surface area contributed by atoms with Gasteiger partial charge in [-0.2, -0.15) is 0 Å². The number of halogens is 1. The van der Waals surface area contributed by atoms with E-state index in [1.807, 2.05) is 0 Å². The highest BCUT2D eigenvalue weighted by molar-refractivity contribution is 7.14. The van der Waals surface area contributed by atoms with E-state index in [1.54, 1.807) is 36.0 Å². The molecule has 0 spiro atoms. The molecule has 0 aromatic carbocycles. The molecule has 4 heteroatoms. The summed E-state index contributed by atoms with van der Waals surface area (Å²) in [6.45, 7) is 0. The Kier molecular flexibility index (Phi) is 2.61. The summed E-state index contributed by atoms with van der Waals surface area (Å²) in [5, 5.41) is 1.75. The zero-order chi connectivity index (χ0) is 9.97. The van der Waals surface area contributed by atoms with E-state index in [0.29, 0.717) is 15.5 Å². The standard InChI is InChI=1S/C10H6ClNOS/c11-9-4-8(6-14-9)10(13)7-2-1-3-12-5-7/h1-6H. The minimum Gasteiger partial charge on any atom is -0.289 e. The molecular weight excluding hydrogens is 218 g/mol. The number of aromatic nitrogens is 1. The summed E-state index contributed by atoms with van der Waals surface area (Å²) >= 11 is 7.09. The third-order valence-corrected chi connectivity index (χ3v) is 2.84. The molecule has 0 unspecified atom stereocenters. The minimum atomic E-state index is -0.0405. The highest BCUT2D eigenvalue weighted by Gasteiger charge is 2.10. The van der Waals surface area contributed by atoms with Crippen molar-refractivity contribution in [3.63, 3.8) is 0 Å². The molecule has 14 heavy (non-hydrogen) atoms. The number of hydrogen-bond acceptors (Lipinski definition) is 3. The highest BCUT2D eigenvalue weighted by atomic mass is 35.5. The number of carbonyl (C=O) groups is 1. The number of thiophene rings is 1. The quantitative estimate of drug-likeness (QED) is 0.733. The lowest BCUT2D eigenvalue weighted by Crippen LogP contribution is -1.99. The van der Waals surface area contributed by atoms with Crippen molar-refractivity contribution in [2.45, 2.75) is 0 Å². The van der Waals surface area contributed by atoms with E-state index in [-0.39, 0.29) is 5.78 Å². The fraction of sp³-hybridized carbons (Fsp3) is 0. The molecule has 2 rings (SSSR count). The zero-order valence-corrected chi connectivity index (χ0v) is 8.68. The lowest BCUT2D eigenvalue weighted by atomic mass is 10.1. The molecule has 0 saturated heterocycles. The van der Waals surface area contributed by atoms with E-state index >= 15 is 0 Å². The average Bonchev–Trinajstić information content (AvgIpc) is 2.65. The molecule has 0 aliphatic heterocycles. The number of hydrogen-bond donors (Lipinski definition) is 0. The molecule has 0 bridgehead atoms. The van der Waals surface area contributed by atoms with Crippen molar-refractivity contribution in [3.05, 3.63) is 51.4 Å². The number of rotatable bonds is 2. The van der Waals surface area contributed by atoms with Crippen LogP contribution in [0, 0.1) is 0 Å². The lowest BCUT2D eigenvalue weighted by molar-refractivity contribution is 0.103. The topological polar surface area (TPSA) is 30.0 Å². The molecule has 2 heterocycles. The summed E-state index contributed by atoms with van der Waals surface area (Å²) in [7, 11) is 0. The van der Waals surface area contributed by atoms with E-state index < -0.39 is 0 Å². The normalized spacial score (nSPS) is 10.1. The van der Waals surface area contributed by atoms with Gasteiger partial charge >= 0.3 is 0 Å². The van der Waals surface area contributed by atoms with Crippen molar-refractivity contribution in [1.82, 2.24) is 4.98 Å². The van der Waals surface area contributed by atoms with Crippen molar-refractivity contribution >= 4 is 28.7 Å². The lowest BCUT2D eigenvalue weighted by Gasteiger charge is -1.95. The molecular formula is C10H6ClNOS. The molecule has 2 aromatic heterocycles. The van der Waals surface area contributed by atoms with E-state index in [9.17, 15) is 4.79 Å². The fourth-order valence-electron chi connectivity index (χ4n) is 1.09. The third-order valence-electron chi connectivity index (χ3n) is 1.75. The number of carbonyl (C=O) groups excluding carboxylic acids is 1. The Morgan fingerprint density at radius 2 is 2.29 bits per heavy atom. The Morgan fingerprint density at radius 3 is 2.86 bits per heavy atom. The van der Waals surface area contributed by atoms with Crippen LogP contribution in [0.3, 0.4) is 0 Å². The van der Waals surface area contributed by atoms with Gasteiger partial charge in [-0.15, -0.1) is 11.3 Å². The highest BCUT2D eigenvalue weighted by Crippen LogP contribution is 2.21. The Labute approximate surface area is 90.2 Å². The molecule has 70 valence electrons. The molecule has 0 radical (unpaired) electrons. The van der Waals surface area contributed by atoms with Crippen LogP contribution in [-0.2, 0) is 0 Å². The van der Waals surface area contributed by atoms with Gasteiger partial charge in [0.05, 0.1) is 4.34 Å². The first-order valence-electron chi connectivity index (χ1n) is 3.96. The van der Waals surface area contributed by atoms with Crippen LogP contribution in [-0.4, -0.2) is 10.8 Å². The minimum absolute atomic E-state index is 0.0405. The van der Waals surface area contributed by atoms with E-state index in [0.717, 1.165) is 0 Å². The maximum Gasteiger partial charge on any atom is 0.195 e. The second kappa shape index (κ2) is 3.90. The molecule has 0 aliphatic carbocycles. The van der Waals surface area contributed by atoms with Gasteiger partial charge in [0, 0.05) is 28.9 Å². The zero-order valence-electron chi connectivity index (χ0n) is 7.11. The number of ketones is 1. The van der Waals surface area contributed by atoms with Gasteiger partial charge in [0.15, 0.2) is 5.78 Å². The number of pyridine rings is 1. The summed E-state index contributed by atoms with van der Waals surface area (Å²) in [4.78, 5) is 15.7. The smallest absolute Gasteiger partial charge is 0.195 e. The SMILES string of the molecule is O=C(c1cccnc1)c1csc(Cl)c1. The van der Waals surface area contributed by atoms with Crippen LogP contribution in [0.5, 0.6) is 0 Å². The van der Waals surface area contributed by atoms with Gasteiger partial charge in [-0.1, -0.05) is 11.6 Å². The van der Waals surface area contributed by atoms with E-state index in [4.69, 9.17) is 11.6 Å². The van der Waals surface area contributed by atoms with Crippen LogP contribution >= 0.6 is 22.9 Å². The van der Waals surface area contributed by atoms with Crippen molar-refractivity contribution in [2.75, 3.05) is 0 Å². The van der Waals surface area contributed by atoms with Crippen molar-refractivity contribution in [3.8, 4) is 0 Å². The van der Waals surface area contributed by atoms with Crippen LogP contribution in [0.4, 0.5) is 0 Å². The summed E-state index contributed by atoms with van der Waals surface area (Å²) in [5.74, 6) is -0.0405. The molecule has 2 nitrogen and oxygen atoms in total. The predicted octanol–water partition coefficient (Wildman–Crippen LogP) is 3.03. The Bertz CT molecular complexity index is 452. The summed E-state index contributed by atoms with van der Waals surface area (Å²) in [6.07, 6.45) is 3.19. The summed E-state index contributed by atoms with van der Waals surface area (Å²) < 4.78 is 0.622. The summed E-state index contributed by atoms with van der Waals surface area (Å²) in [5.41, 5.74) is 1.20. The van der Waals surface area contributed by atoms with Crippen molar-refractivity contribution in [1.29, 1.82) is 0 Å². The molecule has 2 aromatic rings. The van der Waals surface area contributed by atoms with E-state index in [1.165, 1.54) is 11.3 Å². The first-order valence-corrected chi connectivity index (χ1v) is 5.22. The van der Waals surface area contributed by atoms with Crippen molar-refractivity contribution in [2.24, 2.45) is 0 Å². The molecule has 0 N–H and O–H groups in total. The Hall–Kier alpha value is -1.19. The van der Waals surface area contributed by atoms with Crippen LogP contribution in [0.2, 0.25) is 4.34 Å². The molecule has 0 saturated carbocycles. The first-order chi connectivity index (χ1) is 6.77. The molecule has 0 amide bonds. The predicted molar refractivity (Wildman–Crippen MR) is 57.0 cm³/mol. The van der Waals surface area contributed by atoms with Gasteiger partial charge in [0.25, 0.3) is 0 Å². The molecule has 0 fully saturated rings. The second-order valence-corrected chi connectivity index (χ2v) is 4.25. The average molecular weight is 224 g/mol. The van der Waals surface area contributed by atoms with Gasteiger partial charge in [0.1, 0.15) is 0 Å². The maximum atomic E-state index is 11.8. The van der Waals surface area contributed by atoms with Crippen LogP contribution in [0.25, 0.3) is 0 Å². The maximum absolute atomic E-state index is 11.8. The largest absolute Gasteiger partial charge is 0.289 e. The van der Waals surface area contributed by atoms with Crippen LogP contribution < -0.4 is 0 Å². The van der Waals surface area contributed by atoms with E-state index in [2.05, 4.69) is 4.98 Å². The Balaban J connectivity index is 2.34. The molecule has 0 aliphatic rings. The summed E-state index contributed by atoms with van der Waals surface area (Å²) in [6, 6.07) is 5.14. The first kappa shape index (κ1) is 9.37. The fourth-order valence-corrected chi connectivity index (χ4v) is 1.95. The van der Waals surface area contributed by atoms with Gasteiger partial charge in [-0.3, -0.25) is 9.78 Å². The third kappa shape index (κ3) is 1.84.